The van der Waals surface area contributed by atoms with E-state index in [4.69, 9.17) is 4.74 Å². The summed E-state index contributed by atoms with van der Waals surface area (Å²) in [6, 6.07) is 15.3. The molecule has 2 nitrogen and oxygen atoms in total. The molecule has 2 heteroatoms. The number of ether oxygens (including phenoxy) is 1. The van der Waals surface area contributed by atoms with Gasteiger partial charge in [-0.15, -0.1) is 0 Å². The Bertz CT molecular complexity index is 504. The summed E-state index contributed by atoms with van der Waals surface area (Å²) in [4.78, 5) is 0. The van der Waals surface area contributed by atoms with Crippen molar-refractivity contribution >= 4 is 0 Å². The summed E-state index contributed by atoms with van der Waals surface area (Å²) in [7, 11) is 0. The topological polar surface area (TPSA) is 29.5 Å². The van der Waals surface area contributed by atoms with Crippen LogP contribution in [0.15, 0.2) is 48.5 Å². The lowest BCUT2D eigenvalue weighted by molar-refractivity contribution is 0.301. The zero-order chi connectivity index (χ0) is 13.0. The third kappa shape index (κ3) is 3.04. The molecular weight excluding hydrogens is 224 g/mol. The van der Waals surface area contributed by atoms with Crippen LogP contribution in [-0.2, 0) is 6.61 Å². The van der Waals surface area contributed by atoms with Crippen molar-refractivity contribution in [1.82, 2.24) is 0 Å². The molecule has 2 aromatic carbocycles. The first kappa shape index (κ1) is 12.5. The lowest BCUT2D eigenvalue weighted by Crippen LogP contribution is -1.99. The molecule has 0 unspecified atom stereocenters. The van der Waals surface area contributed by atoms with Crippen LogP contribution in [0.4, 0.5) is 0 Å². The molecule has 0 aliphatic heterocycles. The monoisotopic (exact) mass is 242 g/mol. The number of phenols is 1. The van der Waals surface area contributed by atoms with Crippen molar-refractivity contribution in [1.29, 1.82) is 0 Å². The molecule has 0 aromatic heterocycles. The third-order valence-electron chi connectivity index (χ3n) is 2.85. The van der Waals surface area contributed by atoms with E-state index in [1.165, 1.54) is 0 Å². The Kier molecular flexibility index (Phi) is 3.88. The van der Waals surface area contributed by atoms with Gasteiger partial charge in [0.25, 0.3) is 0 Å². The van der Waals surface area contributed by atoms with Gasteiger partial charge in [-0.2, -0.15) is 0 Å². The molecule has 0 fully saturated rings. The second-order valence-electron chi connectivity index (χ2n) is 4.65. The van der Waals surface area contributed by atoms with Gasteiger partial charge in [0.1, 0.15) is 18.1 Å². The Morgan fingerprint density at radius 1 is 1.06 bits per heavy atom. The Labute approximate surface area is 108 Å². The first-order chi connectivity index (χ1) is 8.66. The van der Waals surface area contributed by atoms with Crippen molar-refractivity contribution in [3.8, 4) is 11.5 Å². The fraction of sp³-hybridized carbons (Fsp3) is 0.250. The minimum Gasteiger partial charge on any atom is -0.508 e. The van der Waals surface area contributed by atoms with E-state index in [2.05, 4.69) is 13.8 Å². The predicted octanol–water partition coefficient (Wildman–Crippen LogP) is 4.09. The molecule has 0 atom stereocenters. The molecule has 0 amide bonds. The molecule has 0 spiro atoms. The van der Waals surface area contributed by atoms with Crippen LogP contribution in [0.1, 0.15) is 30.9 Å². The highest BCUT2D eigenvalue weighted by Gasteiger charge is 2.09. The Morgan fingerprint density at radius 2 is 1.78 bits per heavy atom. The Balaban J connectivity index is 2.14. The minimum absolute atomic E-state index is 0.283. The van der Waals surface area contributed by atoms with E-state index in [-0.39, 0.29) is 5.75 Å². The smallest absolute Gasteiger partial charge is 0.123 e. The second kappa shape index (κ2) is 5.58. The highest BCUT2D eigenvalue weighted by atomic mass is 16.5. The van der Waals surface area contributed by atoms with Crippen molar-refractivity contribution < 1.29 is 9.84 Å². The summed E-state index contributed by atoms with van der Waals surface area (Å²) < 4.78 is 5.83. The third-order valence-corrected chi connectivity index (χ3v) is 2.85. The number of hydrogen-bond donors (Lipinski definition) is 1. The molecule has 0 saturated heterocycles. The molecular formula is C16H18O2. The molecule has 2 aromatic rings. The van der Waals surface area contributed by atoms with Crippen LogP contribution in [0.25, 0.3) is 0 Å². The molecule has 0 radical (unpaired) electrons. The van der Waals surface area contributed by atoms with Crippen molar-refractivity contribution in [2.75, 3.05) is 0 Å². The van der Waals surface area contributed by atoms with Crippen LogP contribution in [-0.4, -0.2) is 5.11 Å². The highest BCUT2D eigenvalue weighted by Crippen LogP contribution is 2.30. The fourth-order valence-corrected chi connectivity index (χ4v) is 1.85. The molecule has 0 bridgehead atoms. The Hall–Kier alpha value is -1.96. The minimum atomic E-state index is 0.283. The molecule has 18 heavy (non-hydrogen) atoms. The van der Waals surface area contributed by atoms with E-state index in [9.17, 15) is 5.11 Å². The van der Waals surface area contributed by atoms with E-state index in [1.54, 1.807) is 12.1 Å². The highest BCUT2D eigenvalue weighted by molar-refractivity contribution is 5.41. The van der Waals surface area contributed by atoms with Gasteiger partial charge >= 0.3 is 0 Å². The van der Waals surface area contributed by atoms with Gasteiger partial charge in [0.2, 0.25) is 0 Å². The lowest BCUT2D eigenvalue weighted by Gasteiger charge is -2.14. The zero-order valence-electron chi connectivity index (χ0n) is 10.8. The maximum absolute atomic E-state index is 9.52. The quantitative estimate of drug-likeness (QED) is 0.874. The predicted molar refractivity (Wildman–Crippen MR) is 73.0 cm³/mol. The molecule has 0 heterocycles. The number of rotatable bonds is 4. The normalized spacial score (nSPS) is 10.6. The van der Waals surface area contributed by atoms with Gasteiger partial charge in [-0.1, -0.05) is 44.2 Å². The van der Waals surface area contributed by atoms with E-state index >= 15 is 0 Å². The maximum atomic E-state index is 9.52. The van der Waals surface area contributed by atoms with E-state index in [0.29, 0.717) is 12.5 Å². The van der Waals surface area contributed by atoms with Crippen molar-refractivity contribution in [2.24, 2.45) is 0 Å². The SMILES string of the molecule is CC(C)c1cc(O)ccc1OCc1ccccc1. The van der Waals surface area contributed by atoms with Crippen LogP contribution in [0.5, 0.6) is 11.5 Å². The van der Waals surface area contributed by atoms with Crippen LogP contribution < -0.4 is 4.74 Å². The van der Waals surface area contributed by atoms with Crippen molar-refractivity contribution in [2.45, 2.75) is 26.4 Å². The van der Waals surface area contributed by atoms with Crippen LogP contribution in [0.2, 0.25) is 0 Å². The fourth-order valence-electron chi connectivity index (χ4n) is 1.85. The number of phenolic OH excluding ortho intramolecular Hbond substituents is 1. The van der Waals surface area contributed by atoms with Crippen molar-refractivity contribution in [3.05, 3.63) is 59.7 Å². The summed E-state index contributed by atoms with van der Waals surface area (Å²) in [5.74, 6) is 1.44. The van der Waals surface area contributed by atoms with Gasteiger partial charge in [0, 0.05) is 5.56 Å². The summed E-state index contributed by atoms with van der Waals surface area (Å²) >= 11 is 0. The van der Waals surface area contributed by atoms with Crippen LogP contribution >= 0.6 is 0 Å². The summed E-state index contributed by atoms with van der Waals surface area (Å²) in [5.41, 5.74) is 2.17. The summed E-state index contributed by atoms with van der Waals surface area (Å²) in [6.45, 7) is 4.72. The van der Waals surface area contributed by atoms with Gasteiger partial charge in [0.05, 0.1) is 0 Å². The van der Waals surface area contributed by atoms with Gasteiger partial charge in [0.15, 0.2) is 0 Å². The summed E-state index contributed by atoms with van der Waals surface area (Å²) in [6.07, 6.45) is 0. The standard InChI is InChI=1S/C16H18O2/c1-12(2)15-10-14(17)8-9-16(15)18-11-13-6-4-3-5-7-13/h3-10,12,17H,11H2,1-2H3. The molecule has 0 saturated carbocycles. The lowest BCUT2D eigenvalue weighted by atomic mass is 10.0. The van der Waals surface area contributed by atoms with E-state index < -0.39 is 0 Å². The van der Waals surface area contributed by atoms with Gasteiger partial charge in [-0.05, 0) is 29.7 Å². The first-order valence-electron chi connectivity index (χ1n) is 6.16. The van der Waals surface area contributed by atoms with Crippen LogP contribution in [0, 0.1) is 0 Å². The number of aromatic hydroxyl groups is 1. The molecule has 0 aliphatic carbocycles. The average molecular weight is 242 g/mol. The van der Waals surface area contributed by atoms with Crippen LogP contribution in [0.3, 0.4) is 0 Å². The number of benzene rings is 2. The molecule has 1 N–H and O–H groups in total. The largest absolute Gasteiger partial charge is 0.508 e. The zero-order valence-corrected chi connectivity index (χ0v) is 10.8. The average Bonchev–Trinajstić information content (AvgIpc) is 2.38. The number of hydrogen-bond acceptors (Lipinski definition) is 2. The second-order valence-corrected chi connectivity index (χ2v) is 4.65. The van der Waals surface area contributed by atoms with E-state index in [1.807, 2.05) is 36.4 Å². The molecule has 2 rings (SSSR count). The van der Waals surface area contributed by atoms with E-state index in [0.717, 1.165) is 16.9 Å². The van der Waals surface area contributed by atoms with Gasteiger partial charge in [-0.25, -0.2) is 0 Å². The first-order valence-corrected chi connectivity index (χ1v) is 6.16. The van der Waals surface area contributed by atoms with Crippen molar-refractivity contribution in [3.63, 3.8) is 0 Å². The van der Waals surface area contributed by atoms with Gasteiger partial charge in [-0.3, -0.25) is 0 Å². The maximum Gasteiger partial charge on any atom is 0.123 e. The molecule has 94 valence electrons. The molecule has 0 aliphatic rings. The Morgan fingerprint density at radius 3 is 2.44 bits per heavy atom. The summed E-state index contributed by atoms with van der Waals surface area (Å²) in [5, 5.41) is 9.52. The van der Waals surface area contributed by atoms with Gasteiger partial charge < -0.3 is 9.84 Å².